The smallest absolute Gasteiger partial charge is 0.231 e. The van der Waals surface area contributed by atoms with Gasteiger partial charge in [0.05, 0.1) is 5.41 Å². The average Bonchev–Trinajstić information content (AvgIpc) is 2.68. The molecule has 1 N–H and O–H groups in total. The summed E-state index contributed by atoms with van der Waals surface area (Å²) in [6.45, 7) is 2.91. The number of hydrogen-bond donors (Lipinski definition) is 1. The van der Waals surface area contributed by atoms with Crippen molar-refractivity contribution in [3.63, 3.8) is 0 Å². The molecule has 5 heteroatoms. The van der Waals surface area contributed by atoms with E-state index in [1.54, 1.807) is 18.2 Å². The molecule has 27 heavy (non-hydrogen) atoms. The van der Waals surface area contributed by atoms with Crippen LogP contribution in [0.25, 0.3) is 0 Å². The number of rotatable bonds is 6. The predicted octanol–water partition coefficient (Wildman–Crippen LogP) is 4.66. The molecule has 1 amide bonds. The van der Waals surface area contributed by atoms with Crippen LogP contribution >= 0.6 is 11.6 Å². The van der Waals surface area contributed by atoms with E-state index in [9.17, 15) is 9.18 Å². The molecule has 1 saturated heterocycles. The number of carbonyl (C=O) groups is 1. The summed E-state index contributed by atoms with van der Waals surface area (Å²) in [5.41, 5.74) is 0.782. The summed E-state index contributed by atoms with van der Waals surface area (Å²) in [5.74, 6) is -0.442. The maximum atomic E-state index is 14.5. The van der Waals surface area contributed by atoms with E-state index in [0.29, 0.717) is 36.6 Å². The fourth-order valence-electron chi connectivity index (χ4n) is 3.66. The fraction of sp³-hybridized carbons (Fsp3) is 0.409. The molecule has 3 nitrogen and oxygen atoms in total. The molecule has 0 aromatic heterocycles. The first-order valence-electron chi connectivity index (χ1n) is 9.39. The monoisotopic (exact) mass is 389 g/mol. The first-order valence-corrected chi connectivity index (χ1v) is 9.77. The molecule has 0 unspecified atom stereocenters. The van der Waals surface area contributed by atoms with Crippen molar-refractivity contribution in [2.45, 2.75) is 44.1 Å². The van der Waals surface area contributed by atoms with Crippen molar-refractivity contribution in [2.24, 2.45) is 0 Å². The van der Waals surface area contributed by atoms with Gasteiger partial charge in [-0.15, -0.1) is 0 Å². The lowest BCUT2D eigenvalue weighted by molar-refractivity contribution is -0.131. The molecule has 0 radical (unpaired) electrons. The van der Waals surface area contributed by atoms with Crippen molar-refractivity contribution >= 4 is 17.5 Å². The Morgan fingerprint density at radius 1 is 1.19 bits per heavy atom. The first-order chi connectivity index (χ1) is 13.0. The van der Waals surface area contributed by atoms with Gasteiger partial charge in [0.2, 0.25) is 5.91 Å². The number of hydrogen-bond acceptors (Lipinski definition) is 2. The maximum Gasteiger partial charge on any atom is 0.231 e. The molecule has 1 fully saturated rings. The van der Waals surface area contributed by atoms with Gasteiger partial charge in [-0.25, -0.2) is 4.39 Å². The zero-order chi connectivity index (χ0) is 19.3. The summed E-state index contributed by atoms with van der Waals surface area (Å²) in [5, 5.41) is 3.82. The van der Waals surface area contributed by atoms with Crippen molar-refractivity contribution in [2.75, 3.05) is 13.2 Å². The van der Waals surface area contributed by atoms with Gasteiger partial charge in [-0.05, 0) is 56.4 Å². The number of halogens is 2. The molecule has 0 bridgehead atoms. The third-order valence-corrected chi connectivity index (χ3v) is 5.58. The Balaban J connectivity index is 1.69. The molecule has 0 aliphatic carbocycles. The van der Waals surface area contributed by atoms with E-state index in [4.69, 9.17) is 16.3 Å². The Kier molecular flexibility index (Phi) is 6.51. The van der Waals surface area contributed by atoms with E-state index in [2.05, 4.69) is 5.32 Å². The average molecular weight is 390 g/mol. The van der Waals surface area contributed by atoms with Gasteiger partial charge in [0.25, 0.3) is 0 Å². The number of aryl methyl sites for hydroxylation is 1. The van der Waals surface area contributed by atoms with Crippen molar-refractivity contribution in [3.8, 4) is 0 Å². The summed E-state index contributed by atoms with van der Waals surface area (Å²) in [6, 6.07) is 14.3. The Hall–Kier alpha value is -1.91. The van der Waals surface area contributed by atoms with Crippen LogP contribution in [0, 0.1) is 5.82 Å². The topological polar surface area (TPSA) is 38.3 Å². The van der Waals surface area contributed by atoms with Crippen molar-refractivity contribution in [1.82, 2.24) is 5.32 Å². The van der Waals surface area contributed by atoms with Crippen LogP contribution in [0.3, 0.4) is 0 Å². The zero-order valence-corrected chi connectivity index (χ0v) is 16.3. The largest absolute Gasteiger partial charge is 0.381 e. The van der Waals surface area contributed by atoms with Gasteiger partial charge in [-0.2, -0.15) is 0 Å². The predicted molar refractivity (Wildman–Crippen MR) is 106 cm³/mol. The Bertz CT molecular complexity index is 772. The lowest BCUT2D eigenvalue weighted by Crippen LogP contribution is -2.50. The van der Waals surface area contributed by atoms with Crippen LogP contribution in [0.2, 0.25) is 5.02 Å². The molecule has 0 saturated carbocycles. The molecular weight excluding hydrogens is 365 g/mol. The number of benzene rings is 2. The van der Waals surface area contributed by atoms with Crippen LogP contribution in [0.1, 0.15) is 37.3 Å². The van der Waals surface area contributed by atoms with Gasteiger partial charge < -0.3 is 10.1 Å². The second-order valence-corrected chi connectivity index (χ2v) is 7.65. The molecule has 3 rings (SSSR count). The zero-order valence-electron chi connectivity index (χ0n) is 15.5. The van der Waals surface area contributed by atoms with Crippen molar-refractivity contribution in [3.05, 3.63) is 70.5 Å². The number of carbonyl (C=O) groups excluding carboxylic acids is 1. The van der Waals surface area contributed by atoms with E-state index in [-0.39, 0.29) is 17.8 Å². The van der Waals surface area contributed by atoms with Gasteiger partial charge in [-0.3, -0.25) is 4.79 Å². The molecule has 2 aromatic carbocycles. The van der Waals surface area contributed by atoms with Crippen LogP contribution in [0.5, 0.6) is 0 Å². The molecule has 1 aliphatic heterocycles. The highest BCUT2D eigenvalue weighted by Crippen LogP contribution is 2.36. The molecule has 1 atom stereocenters. The standard InChI is InChI=1S/C22H25ClFNO2/c1-16(6-7-17-8-10-18(23)11-9-17)25-21(26)22(12-14-27-15-13-22)19-4-2-3-5-20(19)24/h2-5,8-11,16H,6-7,12-15H2,1H3,(H,25,26)/t16-/m1/s1. The Labute approximate surface area is 164 Å². The Morgan fingerprint density at radius 3 is 2.52 bits per heavy atom. The van der Waals surface area contributed by atoms with Crippen molar-refractivity contribution in [1.29, 1.82) is 0 Å². The normalized spacial score (nSPS) is 17.3. The molecule has 1 heterocycles. The third-order valence-electron chi connectivity index (χ3n) is 5.33. The van der Waals surface area contributed by atoms with E-state index in [1.807, 2.05) is 31.2 Å². The summed E-state index contributed by atoms with van der Waals surface area (Å²) in [4.78, 5) is 13.2. The lowest BCUT2D eigenvalue weighted by Gasteiger charge is -2.37. The molecule has 0 spiro atoms. The minimum Gasteiger partial charge on any atom is -0.381 e. The summed E-state index contributed by atoms with van der Waals surface area (Å²) in [7, 11) is 0. The van der Waals surface area contributed by atoms with E-state index in [0.717, 1.165) is 12.8 Å². The highest BCUT2D eigenvalue weighted by atomic mass is 35.5. The summed E-state index contributed by atoms with van der Waals surface area (Å²) >= 11 is 5.92. The molecular formula is C22H25ClFNO2. The summed E-state index contributed by atoms with van der Waals surface area (Å²) < 4.78 is 19.9. The second kappa shape index (κ2) is 8.85. The quantitative estimate of drug-likeness (QED) is 0.780. The van der Waals surface area contributed by atoms with Gasteiger partial charge >= 0.3 is 0 Å². The van der Waals surface area contributed by atoms with Gasteiger partial charge in [0, 0.05) is 29.8 Å². The van der Waals surface area contributed by atoms with Crippen LogP contribution < -0.4 is 5.32 Å². The van der Waals surface area contributed by atoms with Crippen LogP contribution in [-0.2, 0) is 21.4 Å². The van der Waals surface area contributed by atoms with E-state index >= 15 is 0 Å². The summed E-state index contributed by atoms with van der Waals surface area (Å²) in [6.07, 6.45) is 2.62. The number of nitrogens with one attached hydrogen (secondary N) is 1. The van der Waals surface area contributed by atoms with Crippen LogP contribution in [0.15, 0.2) is 48.5 Å². The lowest BCUT2D eigenvalue weighted by atomic mass is 9.73. The third kappa shape index (κ3) is 4.69. The van der Waals surface area contributed by atoms with Gasteiger partial charge in [-0.1, -0.05) is 41.9 Å². The molecule has 1 aliphatic rings. The first kappa shape index (κ1) is 19.8. The number of amides is 1. The SMILES string of the molecule is C[C@H](CCc1ccc(Cl)cc1)NC(=O)C1(c2ccccc2F)CCOCC1. The van der Waals surface area contributed by atoms with Crippen LogP contribution in [-0.4, -0.2) is 25.2 Å². The maximum absolute atomic E-state index is 14.5. The molecule has 2 aromatic rings. The van der Waals surface area contributed by atoms with E-state index < -0.39 is 5.41 Å². The van der Waals surface area contributed by atoms with Gasteiger partial charge in [0.1, 0.15) is 5.82 Å². The fourth-order valence-corrected chi connectivity index (χ4v) is 3.78. The molecule has 144 valence electrons. The highest BCUT2D eigenvalue weighted by molar-refractivity contribution is 6.30. The van der Waals surface area contributed by atoms with Gasteiger partial charge in [0.15, 0.2) is 0 Å². The van der Waals surface area contributed by atoms with Crippen molar-refractivity contribution < 1.29 is 13.9 Å². The second-order valence-electron chi connectivity index (χ2n) is 7.21. The minimum atomic E-state index is -0.863. The highest BCUT2D eigenvalue weighted by Gasteiger charge is 2.43. The van der Waals surface area contributed by atoms with E-state index in [1.165, 1.54) is 11.6 Å². The minimum absolute atomic E-state index is 0.0142. The Morgan fingerprint density at radius 2 is 1.85 bits per heavy atom. The van der Waals surface area contributed by atoms with Crippen LogP contribution in [0.4, 0.5) is 4.39 Å². The number of ether oxygens (including phenoxy) is 1.